The minimum Gasteiger partial charge on any atom is -0.478 e. The van der Waals surface area contributed by atoms with Gasteiger partial charge in [0.25, 0.3) is 0 Å². The number of carboxylic acid groups (broad SMARTS) is 1. The molecule has 0 saturated carbocycles. The van der Waals surface area contributed by atoms with Crippen LogP contribution in [0.4, 0.5) is 5.82 Å². The fourth-order valence-corrected chi connectivity index (χ4v) is 1.65. The van der Waals surface area contributed by atoms with Crippen LogP contribution in [-0.4, -0.2) is 16.2 Å². The molecule has 0 unspecified atom stereocenters. The van der Waals surface area contributed by atoms with Crippen LogP contribution in [0.3, 0.4) is 0 Å². The number of hydrogen-bond acceptors (Lipinski definition) is 4. The summed E-state index contributed by atoms with van der Waals surface area (Å²) in [5.74, 6) is -0.219. The van der Waals surface area contributed by atoms with E-state index >= 15 is 0 Å². The number of anilines is 1. The molecule has 17 heavy (non-hydrogen) atoms. The van der Waals surface area contributed by atoms with Gasteiger partial charge in [-0.3, -0.25) is 0 Å². The molecule has 88 valence electrons. The Morgan fingerprint density at radius 2 is 2.06 bits per heavy atom. The van der Waals surface area contributed by atoms with Crippen molar-refractivity contribution in [3.05, 3.63) is 34.9 Å². The van der Waals surface area contributed by atoms with E-state index in [1.165, 1.54) is 0 Å². The second-order valence-electron chi connectivity index (χ2n) is 3.89. The lowest BCUT2D eigenvalue weighted by atomic mass is 9.98. The maximum Gasteiger partial charge on any atom is 0.335 e. The van der Waals surface area contributed by atoms with Gasteiger partial charge >= 0.3 is 5.97 Å². The fraction of sp³-hybridized carbons (Fsp3) is 0.167. The number of benzene rings is 1. The van der Waals surface area contributed by atoms with Crippen LogP contribution in [0.2, 0.25) is 0 Å². The highest BCUT2D eigenvalue weighted by Crippen LogP contribution is 2.26. The Morgan fingerprint density at radius 1 is 1.35 bits per heavy atom. The number of rotatable bonds is 2. The minimum absolute atomic E-state index is 0.259. The summed E-state index contributed by atoms with van der Waals surface area (Å²) in [5.41, 5.74) is 8.01. The van der Waals surface area contributed by atoms with Crippen LogP contribution in [-0.2, 0) is 0 Å². The number of carbonyl (C=O) groups is 1. The fourth-order valence-electron chi connectivity index (χ4n) is 1.65. The zero-order valence-electron chi connectivity index (χ0n) is 9.52. The summed E-state index contributed by atoms with van der Waals surface area (Å²) in [4.78, 5) is 11.1. The SMILES string of the molecule is Cc1cc(-c2cc(N)no2)cc(C(=O)O)c1C. The standard InChI is InChI=1S/C12H12N2O3/c1-6-3-8(10-5-11(13)14-17-10)4-9(7(6)2)12(15)16/h3-5H,1-2H3,(H2,13,14)(H,15,16). The summed E-state index contributed by atoms with van der Waals surface area (Å²) >= 11 is 0. The molecule has 5 heteroatoms. The summed E-state index contributed by atoms with van der Waals surface area (Å²) < 4.78 is 5.01. The topological polar surface area (TPSA) is 89.4 Å². The Hall–Kier alpha value is -2.30. The predicted molar refractivity (Wildman–Crippen MR) is 62.8 cm³/mol. The van der Waals surface area contributed by atoms with E-state index in [-0.39, 0.29) is 11.4 Å². The van der Waals surface area contributed by atoms with E-state index in [2.05, 4.69) is 5.16 Å². The zero-order valence-corrected chi connectivity index (χ0v) is 9.52. The van der Waals surface area contributed by atoms with Crippen molar-refractivity contribution in [2.24, 2.45) is 0 Å². The number of nitrogens with two attached hydrogens (primary N) is 1. The molecule has 1 aromatic heterocycles. The van der Waals surface area contributed by atoms with E-state index < -0.39 is 5.97 Å². The van der Waals surface area contributed by atoms with E-state index in [9.17, 15) is 4.79 Å². The molecule has 0 radical (unpaired) electrons. The third kappa shape index (κ3) is 1.99. The molecular formula is C12H12N2O3. The van der Waals surface area contributed by atoms with Gasteiger partial charge in [-0.25, -0.2) is 4.79 Å². The van der Waals surface area contributed by atoms with Gasteiger partial charge in [-0.1, -0.05) is 5.16 Å². The molecule has 0 saturated heterocycles. The van der Waals surface area contributed by atoms with Crippen molar-refractivity contribution >= 4 is 11.8 Å². The number of aromatic carboxylic acids is 1. The summed E-state index contributed by atoms with van der Waals surface area (Å²) in [6.07, 6.45) is 0. The van der Waals surface area contributed by atoms with Crippen molar-refractivity contribution in [2.75, 3.05) is 5.73 Å². The van der Waals surface area contributed by atoms with Crippen molar-refractivity contribution in [1.82, 2.24) is 5.16 Å². The molecule has 0 spiro atoms. The highest BCUT2D eigenvalue weighted by atomic mass is 16.5. The maximum absolute atomic E-state index is 11.1. The molecule has 2 aromatic rings. The van der Waals surface area contributed by atoms with E-state index in [4.69, 9.17) is 15.4 Å². The summed E-state index contributed by atoms with van der Waals surface area (Å²) in [7, 11) is 0. The molecule has 0 aliphatic carbocycles. The lowest BCUT2D eigenvalue weighted by Crippen LogP contribution is -2.01. The van der Waals surface area contributed by atoms with Gasteiger partial charge in [0.2, 0.25) is 0 Å². The van der Waals surface area contributed by atoms with Gasteiger partial charge < -0.3 is 15.4 Å². The Kier molecular flexibility index (Phi) is 2.59. The average molecular weight is 232 g/mol. The molecule has 5 nitrogen and oxygen atoms in total. The first-order valence-electron chi connectivity index (χ1n) is 5.06. The Morgan fingerprint density at radius 3 is 2.59 bits per heavy atom. The minimum atomic E-state index is -0.958. The normalized spacial score (nSPS) is 10.5. The summed E-state index contributed by atoms with van der Waals surface area (Å²) in [6.45, 7) is 3.63. The second-order valence-corrected chi connectivity index (χ2v) is 3.89. The van der Waals surface area contributed by atoms with Gasteiger partial charge in [-0.15, -0.1) is 0 Å². The number of nitrogens with zero attached hydrogens (tertiary/aromatic N) is 1. The third-order valence-electron chi connectivity index (χ3n) is 2.71. The molecule has 3 N–H and O–H groups in total. The van der Waals surface area contributed by atoms with Gasteiger partial charge in [0, 0.05) is 11.6 Å². The molecule has 1 aromatic carbocycles. The van der Waals surface area contributed by atoms with E-state index in [0.717, 1.165) is 11.1 Å². The van der Waals surface area contributed by atoms with Crippen LogP contribution in [0.25, 0.3) is 11.3 Å². The van der Waals surface area contributed by atoms with Crippen molar-refractivity contribution in [3.63, 3.8) is 0 Å². The number of hydrogen-bond donors (Lipinski definition) is 2. The van der Waals surface area contributed by atoms with Crippen LogP contribution in [0, 0.1) is 13.8 Å². The van der Waals surface area contributed by atoms with Gasteiger partial charge in [-0.2, -0.15) is 0 Å². The molecule has 2 rings (SSSR count). The van der Waals surface area contributed by atoms with Crippen molar-refractivity contribution in [3.8, 4) is 11.3 Å². The predicted octanol–water partition coefficient (Wildman–Crippen LogP) is 2.24. The first-order valence-corrected chi connectivity index (χ1v) is 5.06. The Balaban J connectivity index is 2.60. The van der Waals surface area contributed by atoms with E-state index in [1.54, 1.807) is 19.1 Å². The second kappa shape index (κ2) is 3.93. The van der Waals surface area contributed by atoms with Gasteiger partial charge in [0.1, 0.15) is 0 Å². The van der Waals surface area contributed by atoms with Crippen LogP contribution >= 0.6 is 0 Å². The number of aromatic nitrogens is 1. The smallest absolute Gasteiger partial charge is 0.335 e. The lowest BCUT2D eigenvalue weighted by Gasteiger charge is -2.07. The quantitative estimate of drug-likeness (QED) is 0.828. The van der Waals surface area contributed by atoms with E-state index in [0.29, 0.717) is 11.3 Å². The Labute approximate surface area is 97.8 Å². The molecule has 0 aliphatic rings. The van der Waals surface area contributed by atoms with Crippen LogP contribution in [0.15, 0.2) is 22.7 Å². The maximum atomic E-state index is 11.1. The van der Waals surface area contributed by atoms with Crippen molar-refractivity contribution in [1.29, 1.82) is 0 Å². The highest BCUT2D eigenvalue weighted by molar-refractivity contribution is 5.91. The first kappa shape index (κ1) is 11.2. The van der Waals surface area contributed by atoms with Crippen LogP contribution < -0.4 is 5.73 Å². The number of aryl methyl sites for hydroxylation is 1. The van der Waals surface area contributed by atoms with Crippen LogP contribution in [0.5, 0.6) is 0 Å². The van der Waals surface area contributed by atoms with Gasteiger partial charge in [-0.05, 0) is 37.1 Å². The zero-order chi connectivity index (χ0) is 12.6. The number of nitrogen functional groups attached to an aromatic ring is 1. The number of carboxylic acids is 1. The van der Waals surface area contributed by atoms with Gasteiger partial charge in [0.05, 0.1) is 5.56 Å². The van der Waals surface area contributed by atoms with E-state index in [1.807, 2.05) is 13.0 Å². The van der Waals surface area contributed by atoms with Crippen LogP contribution in [0.1, 0.15) is 21.5 Å². The molecule has 0 aliphatic heterocycles. The first-order chi connectivity index (χ1) is 7.99. The molecule has 0 atom stereocenters. The third-order valence-corrected chi connectivity index (χ3v) is 2.71. The van der Waals surface area contributed by atoms with Gasteiger partial charge in [0.15, 0.2) is 11.6 Å². The Bertz CT molecular complexity index is 587. The highest BCUT2D eigenvalue weighted by Gasteiger charge is 2.13. The average Bonchev–Trinajstić information content (AvgIpc) is 2.68. The lowest BCUT2D eigenvalue weighted by molar-refractivity contribution is 0.0696. The molecule has 0 bridgehead atoms. The molecule has 0 fully saturated rings. The molecular weight excluding hydrogens is 220 g/mol. The van der Waals surface area contributed by atoms with Crippen molar-refractivity contribution < 1.29 is 14.4 Å². The molecule has 0 amide bonds. The van der Waals surface area contributed by atoms with Crippen molar-refractivity contribution in [2.45, 2.75) is 13.8 Å². The largest absolute Gasteiger partial charge is 0.478 e. The summed E-state index contributed by atoms with van der Waals surface area (Å²) in [5, 5.41) is 12.7. The summed E-state index contributed by atoms with van der Waals surface area (Å²) in [6, 6.07) is 4.97. The monoisotopic (exact) mass is 232 g/mol. The molecule has 1 heterocycles.